The first kappa shape index (κ1) is 32.1. The zero-order valence-electron chi connectivity index (χ0n) is 25.3. The van der Waals surface area contributed by atoms with E-state index in [1.165, 1.54) is 70.0 Å². The van der Waals surface area contributed by atoms with Gasteiger partial charge in [0, 0.05) is 44.8 Å². The summed E-state index contributed by atoms with van der Waals surface area (Å²) in [4.78, 5) is 5.54. The average molecular weight is 517 g/mol. The summed E-state index contributed by atoms with van der Waals surface area (Å²) in [6.07, 6.45) is 11.7. The van der Waals surface area contributed by atoms with Gasteiger partial charge in [0.2, 0.25) is 0 Å². The van der Waals surface area contributed by atoms with Crippen LogP contribution >= 0.6 is 0 Å². The highest BCUT2D eigenvalue weighted by Crippen LogP contribution is 2.23. The quantitative estimate of drug-likeness (QED) is 0.202. The monoisotopic (exact) mass is 516 g/mol. The van der Waals surface area contributed by atoms with E-state index in [0.29, 0.717) is 0 Å². The van der Waals surface area contributed by atoms with Crippen LogP contribution in [0.25, 0.3) is 0 Å². The first-order chi connectivity index (χ1) is 17.9. The van der Waals surface area contributed by atoms with Gasteiger partial charge in [-0.05, 0) is 62.3 Å². The molecule has 214 valence electrons. The predicted molar refractivity (Wildman–Crippen MR) is 161 cm³/mol. The molecule has 2 atom stereocenters. The van der Waals surface area contributed by atoms with Crippen molar-refractivity contribution in [2.24, 2.45) is 11.8 Å². The molecule has 1 aromatic rings. The molecule has 1 aliphatic heterocycles. The second-order valence-electron chi connectivity index (χ2n) is 11.8. The van der Waals surface area contributed by atoms with Gasteiger partial charge in [0.05, 0.1) is 13.8 Å². The van der Waals surface area contributed by atoms with Crippen LogP contribution in [0.5, 0.6) is 5.75 Å². The molecule has 1 aliphatic rings. The number of nitrogens with zero attached hydrogens (tertiary/aromatic N) is 2. The lowest BCUT2D eigenvalue weighted by molar-refractivity contribution is 0.00520. The fraction of sp³-hybridized carbons (Fsp3) is 0.812. The molecule has 0 radical (unpaired) electrons. The Morgan fingerprint density at radius 2 is 1.41 bits per heavy atom. The molecule has 5 nitrogen and oxygen atoms in total. The minimum atomic E-state index is 0.141. The van der Waals surface area contributed by atoms with Gasteiger partial charge in [0.1, 0.15) is 5.75 Å². The molecule has 0 aliphatic carbocycles. The molecule has 0 aromatic heterocycles. The maximum Gasteiger partial charge on any atom is 0.118 e. The Morgan fingerprint density at radius 3 is 1.89 bits per heavy atom. The number of methoxy groups -OCH3 is 1. The predicted octanol–water partition coefficient (Wildman–Crippen LogP) is 6.18. The molecule has 1 fully saturated rings. The van der Waals surface area contributed by atoms with E-state index < -0.39 is 0 Å². The number of rotatable bonds is 20. The number of hydrogen-bond donors (Lipinski definition) is 2. The SMILES string of the molecule is CCCCC(CC)CN1CN(CC(CC)CCCC)CC(C)(NCCNCCc2ccc(OC)cc2)C1. The zero-order valence-corrected chi connectivity index (χ0v) is 25.3. The summed E-state index contributed by atoms with van der Waals surface area (Å²) in [5.74, 6) is 2.58. The molecule has 2 rings (SSSR count). The zero-order chi connectivity index (χ0) is 26.9. The van der Waals surface area contributed by atoms with Crippen LogP contribution < -0.4 is 15.4 Å². The molecular formula is C32H60N4O. The molecule has 0 saturated carbocycles. The van der Waals surface area contributed by atoms with E-state index in [4.69, 9.17) is 4.74 Å². The highest BCUT2D eigenvalue weighted by molar-refractivity contribution is 5.27. The van der Waals surface area contributed by atoms with Crippen LogP contribution in [-0.4, -0.2) is 74.9 Å². The Labute approximate surface area is 230 Å². The summed E-state index contributed by atoms with van der Waals surface area (Å²) >= 11 is 0. The van der Waals surface area contributed by atoms with Gasteiger partial charge in [-0.25, -0.2) is 0 Å². The lowest BCUT2D eigenvalue weighted by Gasteiger charge is -2.48. The molecule has 37 heavy (non-hydrogen) atoms. The van der Waals surface area contributed by atoms with Crippen molar-refractivity contribution in [2.75, 3.05) is 59.6 Å². The normalized spacial score (nSPS) is 20.7. The van der Waals surface area contributed by atoms with Crippen molar-refractivity contribution >= 4 is 0 Å². The molecule has 0 amide bonds. The molecule has 1 saturated heterocycles. The smallest absolute Gasteiger partial charge is 0.118 e. The van der Waals surface area contributed by atoms with Gasteiger partial charge in [-0.15, -0.1) is 0 Å². The Morgan fingerprint density at radius 1 is 0.838 bits per heavy atom. The van der Waals surface area contributed by atoms with E-state index >= 15 is 0 Å². The molecule has 2 N–H and O–H groups in total. The van der Waals surface area contributed by atoms with E-state index in [0.717, 1.165) is 63.4 Å². The third kappa shape index (κ3) is 12.5. The highest BCUT2D eigenvalue weighted by atomic mass is 16.5. The summed E-state index contributed by atoms with van der Waals surface area (Å²) < 4.78 is 5.27. The molecule has 1 aromatic carbocycles. The lowest BCUT2D eigenvalue weighted by atomic mass is 9.93. The van der Waals surface area contributed by atoms with Crippen LogP contribution in [0.2, 0.25) is 0 Å². The average Bonchev–Trinajstić information content (AvgIpc) is 2.90. The van der Waals surface area contributed by atoms with Crippen LogP contribution in [0.15, 0.2) is 24.3 Å². The second kappa shape index (κ2) is 18.2. The van der Waals surface area contributed by atoms with Crippen LogP contribution in [0.3, 0.4) is 0 Å². The number of hydrogen-bond acceptors (Lipinski definition) is 5. The fourth-order valence-electron chi connectivity index (χ4n) is 5.94. The molecular weight excluding hydrogens is 456 g/mol. The maximum atomic E-state index is 5.27. The summed E-state index contributed by atoms with van der Waals surface area (Å²) in [5.41, 5.74) is 1.50. The molecule has 0 bridgehead atoms. The van der Waals surface area contributed by atoms with E-state index in [-0.39, 0.29) is 5.54 Å². The first-order valence-corrected chi connectivity index (χ1v) is 15.5. The largest absolute Gasteiger partial charge is 0.497 e. The third-order valence-corrected chi connectivity index (χ3v) is 8.27. The maximum absolute atomic E-state index is 5.27. The summed E-state index contributed by atoms with van der Waals surface area (Å²) in [6, 6.07) is 8.43. The van der Waals surface area contributed by atoms with Gasteiger partial charge >= 0.3 is 0 Å². The van der Waals surface area contributed by atoms with Crippen molar-refractivity contribution in [3.63, 3.8) is 0 Å². The van der Waals surface area contributed by atoms with Crippen molar-refractivity contribution in [3.8, 4) is 5.75 Å². The Balaban J connectivity index is 1.87. The Bertz CT molecular complexity index is 669. The Hall–Kier alpha value is -1.14. The number of benzene rings is 1. The number of nitrogens with one attached hydrogen (secondary N) is 2. The topological polar surface area (TPSA) is 39.8 Å². The molecule has 0 spiro atoms. The molecule has 2 unspecified atom stereocenters. The van der Waals surface area contributed by atoms with Gasteiger partial charge in [0.25, 0.3) is 0 Å². The standard InChI is InChI=1S/C32H60N4O/c1-7-11-13-28(9-3)23-35-25-32(5,26-36(27-35)24-29(10-4)14-12-8-2)34-22-21-33-20-19-30-15-17-31(37-6)18-16-30/h15-18,28-29,33-34H,7-14,19-27H2,1-6H3. The fourth-order valence-corrected chi connectivity index (χ4v) is 5.94. The first-order valence-electron chi connectivity index (χ1n) is 15.5. The minimum absolute atomic E-state index is 0.141. The van der Waals surface area contributed by atoms with Gasteiger partial charge in [-0.2, -0.15) is 0 Å². The van der Waals surface area contributed by atoms with E-state index in [9.17, 15) is 0 Å². The third-order valence-electron chi connectivity index (χ3n) is 8.27. The Kier molecular flexibility index (Phi) is 15.8. The lowest BCUT2D eigenvalue weighted by Crippen LogP contribution is -2.65. The van der Waals surface area contributed by atoms with Crippen molar-refractivity contribution < 1.29 is 4.74 Å². The van der Waals surface area contributed by atoms with Gasteiger partial charge in [0.15, 0.2) is 0 Å². The van der Waals surface area contributed by atoms with Crippen molar-refractivity contribution in [3.05, 3.63) is 29.8 Å². The van der Waals surface area contributed by atoms with E-state index in [1.807, 2.05) is 0 Å². The second-order valence-corrected chi connectivity index (χ2v) is 11.8. The van der Waals surface area contributed by atoms with Crippen LogP contribution in [0.4, 0.5) is 0 Å². The molecule has 1 heterocycles. The van der Waals surface area contributed by atoms with Crippen molar-refractivity contribution in [2.45, 2.75) is 97.9 Å². The van der Waals surface area contributed by atoms with Crippen molar-refractivity contribution in [1.29, 1.82) is 0 Å². The van der Waals surface area contributed by atoms with Gasteiger partial charge in [-0.1, -0.05) is 78.4 Å². The van der Waals surface area contributed by atoms with Gasteiger partial charge in [-0.3, -0.25) is 9.80 Å². The van der Waals surface area contributed by atoms with Gasteiger partial charge < -0.3 is 15.4 Å². The summed E-state index contributed by atoms with van der Waals surface area (Å²) in [5, 5.41) is 7.63. The number of ether oxygens (including phenoxy) is 1. The van der Waals surface area contributed by atoms with E-state index in [2.05, 4.69) is 79.3 Å². The van der Waals surface area contributed by atoms with Crippen LogP contribution in [0.1, 0.15) is 91.5 Å². The molecule has 5 heteroatoms. The minimum Gasteiger partial charge on any atom is -0.497 e. The summed E-state index contributed by atoms with van der Waals surface area (Å²) in [6.45, 7) is 20.9. The van der Waals surface area contributed by atoms with Crippen LogP contribution in [0, 0.1) is 11.8 Å². The number of unbranched alkanes of at least 4 members (excludes halogenated alkanes) is 2. The summed E-state index contributed by atoms with van der Waals surface area (Å²) in [7, 11) is 1.72. The van der Waals surface area contributed by atoms with Crippen LogP contribution in [-0.2, 0) is 6.42 Å². The highest BCUT2D eigenvalue weighted by Gasteiger charge is 2.35. The van der Waals surface area contributed by atoms with E-state index in [1.54, 1.807) is 7.11 Å². The van der Waals surface area contributed by atoms with Crippen molar-refractivity contribution in [1.82, 2.24) is 20.4 Å².